The predicted molar refractivity (Wildman–Crippen MR) is 122 cm³/mol. The Labute approximate surface area is 189 Å². The number of carbonyl (C=O) groups excluding carboxylic acids is 1. The lowest BCUT2D eigenvalue weighted by Gasteiger charge is -2.25. The summed E-state index contributed by atoms with van der Waals surface area (Å²) >= 11 is 9.25. The van der Waals surface area contributed by atoms with Gasteiger partial charge in [0, 0.05) is 5.02 Å². The number of amides is 1. The summed E-state index contributed by atoms with van der Waals surface area (Å²) in [4.78, 5) is 13.1. The second-order valence-electron chi connectivity index (χ2n) is 6.63. The normalized spacial score (nSPS) is 11.2. The summed E-state index contributed by atoms with van der Waals surface area (Å²) in [6, 6.07) is 18.0. The highest BCUT2D eigenvalue weighted by Crippen LogP contribution is 2.30. The fourth-order valence-electron chi connectivity index (χ4n) is 2.81. The molecule has 0 aromatic heterocycles. The Morgan fingerprint density at radius 3 is 2.37 bits per heavy atom. The van der Waals surface area contributed by atoms with E-state index in [0.29, 0.717) is 20.8 Å². The maximum atomic E-state index is 13.4. The van der Waals surface area contributed by atoms with Crippen molar-refractivity contribution in [2.24, 2.45) is 0 Å². The van der Waals surface area contributed by atoms with Crippen molar-refractivity contribution in [1.82, 2.24) is 0 Å². The largest absolute Gasteiger partial charge is 0.483 e. The van der Waals surface area contributed by atoms with Crippen molar-refractivity contribution < 1.29 is 17.9 Å². The van der Waals surface area contributed by atoms with Gasteiger partial charge in [-0.3, -0.25) is 4.79 Å². The monoisotopic (exact) mass is 507 g/mol. The van der Waals surface area contributed by atoms with Crippen molar-refractivity contribution in [2.45, 2.75) is 18.7 Å². The molecule has 3 aromatic rings. The molecule has 0 unspecified atom stereocenters. The van der Waals surface area contributed by atoms with Crippen molar-refractivity contribution in [3.8, 4) is 5.75 Å². The molecule has 0 bridgehead atoms. The minimum absolute atomic E-state index is 0.0398. The zero-order chi connectivity index (χ0) is 21.9. The first kappa shape index (κ1) is 22.3. The number of para-hydroxylation sites is 1. The number of halogens is 2. The lowest BCUT2D eigenvalue weighted by molar-refractivity contribution is -0.119. The molecule has 0 spiro atoms. The Hall–Kier alpha value is -2.35. The topological polar surface area (TPSA) is 63.7 Å². The second kappa shape index (κ2) is 9.20. The smallest absolute Gasteiger partial charge is 0.278 e. The van der Waals surface area contributed by atoms with E-state index in [1.54, 1.807) is 37.3 Å². The highest BCUT2D eigenvalue weighted by atomic mass is 79.9. The van der Waals surface area contributed by atoms with Gasteiger partial charge >= 0.3 is 0 Å². The maximum absolute atomic E-state index is 13.4. The van der Waals surface area contributed by atoms with Gasteiger partial charge in [-0.2, -0.15) is 4.31 Å². The molecule has 0 N–H and O–H groups in total. The molecular formula is C22H19BrClNO4S. The number of sulfonamides is 1. The molecule has 0 aliphatic rings. The quantitative estimate of drug-likeness (QED) is 0.440. The van der Waals surface area contributed by atoms with Gasteiger partial charge in [-0.05, 0) is 83.4 Å². The van der Waals surface area contributed by atoms with E-state index >= 15 is 0 Å². The molecule has 3 rings (SSSR count). The van der Waals surface area contributed by atoms with Crippen LogP contribution in [0.4, 0.5) is 5.69 Å². The number of anilines is 1. The Morgan fingerprint density at radius 2 is 1.70 bits per heavy atom. The third kappa shape index (κ3) is 4.86. The summed E-state index contributed by atoms with van der Waals surface area (Å²) in [5.74, 6) is -0.273. The third-order valence-electron chi connectivity index (χ3n) is 4.35. The van der Waals surface area contributed by atoms with Crippen LogP contribution < -0.4 is 9.04 Å². The predicted octanol–water partition coefficient (Wildman–Crippen LogP) is 5.52. The van der Waals surface area contributed by atoms with Crippen LogP contribution in [-0.2, 0) is 14.8 Å². The van der Waals surface area contributed by atoms with Gasteiger partial charge in [-0.1, -0.05) is 35.9 Å². The Morgan fingerprint density at radius 1 is 1.03 bits per heavy atom. The van der Waals surface area contributed by atoms with Gasteiger partial charge in [0.25, 0.3) is 15.9 Å². The number of benzene rings is 3. The summed E-state index contributed by atoms with van der Waals surface area (Å²) in [5, 5.41) is 0.399. The van der Waals surface area contributed by atoms with E-state index in [1.807, 2.05) is 19.1 Å². The first-order valence-corrected chi connectivity index (χ1v) is 11.6. The van der Waals surface area contributed by atoms with Crippen molar-refractivity contribution >= 4 is 49.1 Å². The standard InChI is InChI=1S/C22H19BrClNO4S/c1-15-7-8-16(2)20(13-15)25(30(27,28)18-11-9-17(24)10-12-18)22(26)14-29-21-6-4-3-5-19(21)23/h3-13H,14H2,1-2H3. The van der Waals surface area contributed by atoms with Gasteiger partial charge in [0.2, 0.25) is 0 Å². The molecule has 1 amide bonds. The minimum Gasteiger partial charge on any atom is -0.483 e. The molecule has 0 heterocycles. The molecule has 8 heteroatoms. The molecule has 30 heavy (non-hydrogen) atoms. The van der Waals surface area contributed by atoms with E-state index in [0.717, 1.165) is 9.87 Å². The lowest BCUT2D eigenvalue weighted by Crippen LogP contribution is -2.40. The fourth-order valence-corrected chi connectivity index (χ4v) is 4.80. The van der Waals surface area contributed by atoms with E-state index in [-0.39, 0.29) is 10.6 Å². The Bertz CT molecular complexity index is 1180. The first-order chi connectivity index (χ1) is 14.2. The van der Waals surface area contributed by atoms with E-state index in [1.165, 1.54) is 24.3 Å². The minimum atomic E-state index is -4.19. The third-order valence-corrected chi connectivity index (χ3v) is 7.01. The van der Waals surface area contributed by atoms with Crippen LogP contribution in [0.2, 0.25) is 5.02 Å². The van der Waals surface area contributed by atoms with Crippen molar-refractivity contribution in [2.75, 3.05) is 10.9 Å². The molecule has 0 aliphatic heterocycles. The highest BCUT2D eigenvalue weighted by Gasteiger charge is 2.32. The fraction of sp³-hybridized carbons (Fsp3) is 0.136. The number of hydrogen-bond donors (Lipinski definition) is 0. The SMILES string of the molecule is Cc1ccc(C)c(N(C(=O)COc2ccccc2Br)S(=O)(=O)c2ccc(Cl)cc2)c1. The van der Waals surface area contributed by atoms with Crippen LogP contribution >= 0.6 is 27.5 Å². The second-order valence-corrected chi connectivity index (χ2v) is 9.70. The molecule has 0 saturated heterocycles. The van der Waals surface area contributed by atoms with Crippen LogP contribution in [-0.4, -0.2) is 20.9 Å². The van der Waals surface area contributed by atoms with Gasteiger partial charge in [-0.25, -0.2) is 8.42 Å². The molecular weight excluding hydrogens is 490 g/mol. The average Bonchev–Trinajstić information content (AvgIpc) is 2.70. The van der Waals surface area contributed by atoms with E-state index < -0.39 is 22.5 Å². The van der Waals surface area contributed by atoms with Gasteiger partial charge < -0.3 is 4.74 Å². The number of carbonyl (C=O) groups is 1. The number of aryl methyl sites for hydroxylation is 2. The summed E-state index contributed by atoms with van der Waals surface area (Å²) < 4.78 is 33.9. The molecule has 3 aromatic carbocycles. The van der Waals surface area contributed by atoms with Crippen molar-refractivity contribution in [3.05, 3.63) is 87.4 Å². The molecule has 0 radical (unpaired) electrons. The van der Waals surface area contributed by atoms with Gasteiger partial charge in [0.15, 0.2) is 6.61 Å². The zero-order valence-corrected chi connectivity index (χ0v) is 19.5. The molecule has 0 atom stereocenters. The molecule has 0 saturated carbocycles. The lowest BCUT2D eigenvalue weighted by atomic mass is 10.1. The molecule has 0 fully saturated rings. The van der Waals surface area contributed by atoms with E-state index in [2.05, 4.69) is 15.9 Å². The van der Waals surface area contributed by atoms with Gasteiger partial charge in [0.1, 0.15) is 5.75 Å². The summed E-state index contributed by atoms with van der Waals surface area (Å²) in [6.45, 7) is 3.13. The van der Waals surface area contributed by atoms with Crippen LogP contribution in [0.5, 0.6) is 5.75 Å². The summed E-state index contributed by atoms with van der Waals surface area (Å²) in [5.41, 5.74) is 1.75. The molecule has 156 valence electrons. The van der Waals surface area contributed by atoms with Crippen molar-refractivity contribution in [3.63, 3.8) is 0 Å². The van der Waals surface area contributed by atoms with Crippen LogP contribution in [0.15, 0.2) is 76.1 Å². The first-order valence-electron chi connectivity index (χ1n) is 8.98. The summed E-state index contributed by atoms with van der Waals surface area (Å²) in [6.07, 6.45) is 0. The number of ether oxygens (including phenoxy) is 1. The van der Waals surface area contributed by atoms with Crippen molar-refractivity contribution in [1.29, 1.82) is 0 Å². The van der Waals surface area contributed by atoms with Crippen LogP contribution in [0.1, 0.15) is 11.1 Å². The number of nitrogens with zero attached hydrogens (tertiary/aromatic N) is 1. The highest BCUT2D eigenvalue weighted by molar-refractivity contribution is 9.10. The maximum Gasteiger partial charge on any atom is 0.278 e. The Kier molecular flexibility index (Phi) is 6.85. The zero-order valence-electron chi connectivity index (χ0n) is 16.3. The molecule has 0 aliphatic carbocycles. The van der Waals surface area contributed by atoms with Gasteiger partial charge in [-0.15, -0.1) is 0 Å². The summed E-state index contributed by atoms with van der Waals surface area (Å²) in [7, 11) is -4.19. The van der Waals surface area contributed by atoms with Crippen LogP contribution in [0.25, 0.3) is 0 Å². The average molecular weight is 509 g/mol. The van der Waals surface area contributed by atoms with Gasteiger partial charge in [0.05, 0.1) is 15.1 Å². The number of hydrogen-bond acceptors (Lipinski definition) is 4. The van der Waals surface area contributed by atoms with E-state index in [9.17, 15) is 13.2 Å². The van der Waals surface area contributed by atoms with E-state index in [4.69, 9.17) is 16.3 Å². The van der Waals surface area contributed by atoms with Crippen LogP contribution in [0.3, 0.4) is 0 Å². The number of rotatable bonds is 6. The Balaban J connectivity index is 2.03. The molecule has 5 nitrogen and oxygen atoms in total. The van der Waals surface area contributed by atoms with Crippen LogP contribution in [0, 0.1) is 13.8 Å².